The summed E-state index contributed by atoms with van der Waals surface area (Å²) >= 11 is 0. The van der Waals surface area contributed by atoms with Crippen LogP contribution in [0, 0.1) is 20.8 Å². The number of hydrogen-bond donors (Lipinski definition) is 2. The molecule has 21 heavy (non-hydrogen) atoms. The van der Waals surface area contributed by atoms with E-state index in [0.717, 1.165) is 22.5 Å². The van der Waals surface area contributed by atoms with E-state index in [1.807, 2.05) is 12.1 Å². The lowest BCUT2D eigenvalue weighted by Crippen LogP contribution is -2.34. The van der Waals surface area contributed by atoms with E-state index in [2.05, 4.69) is 32.9 Å². The number of carbonyl (C=O) groups is 1. The largest absolute Gasteiger partial charge is 0.461 e. The Bertz CT molecular complexity index is 638. The van der Waals surface area contributed by atoms with Gasteiger partial charge in [-0.25, -0.2) is 9.86 Å². The van der Waals surface area contributed by atoms with Crippen molar-refractivity contribution >= 4 is 6.03 Å². The highest BCUT2D eigenvalue weighted by Crippen LogP contribution is 2.30. The molecule has 0 spiro atoms. The van der Waals surface area contributed by atoms with Crippen molar-refractivity contribution in [2.45, 2.75) is 27.2 Å². The van der Waals surface area contributed by atoms with Crippen LogP contribution in [0.4, 0.5) is 4.79 Å². The first-order chi connectivity index (χ1) is 9.88. The van der Waals surface area contributed by atoms with Crippen molar-refractivity contribution in [3.63, 3.8) is 0 Å². The number of nitrogens with two attached hydrogens (primary N) is 1. The SMILES string of the molecule is Cc1cc(C)c(-c2ccc(CCN(O)C(N)=O)o2)c(C)c1. The van der Waals surface area contributed by atoms with Crippen LogP contribution < -0.4 is 5.73 Å². The predicted octanol–water partition coefficient (Wildman–Crippen LogP) is 3.18. The van der Waals surface area contributed by atoms with Gasteiger partial charge in [0.1, 0.15) is 11.5 Å². The Balaban J connectivity index is 2.19. The van der Waals surface area contributed by atoms with Crippen LogP contribution in [-0.4, -0.2) is 22.8 Å². The smallest absolute Gasteiger partial charge is 0.338 e. The number of primary amides is 1. The van der Waals surface area contributed by atoms with Gasteiger partial charge in [-0.1, -0.05) is 17.7 Å². The first-order valence-corrected chi connectivity index (χ1v) is 6.81. The fourth-order valence-corrected chi connectivity index (χ4v) is 2.54. The van der Waals surface area contributed by atoms with E-state index in [9.17, 15) is 10.0 Å². The van der Waals surface area contributed by atoms with Gasteiger partial charge < -0.3 is 10.2 Å². The molecule has 2 rings (SSSR count). The third-order valence-corrected chi connectivity index (χ3v) is 3.41. The summed E-state index contributed by atoms with van der Waals surface area (Å²) in [5, 5.41) is 9.72. The maximum Gasteiger partial charge on any atom is 0.338 e. The third-order valence-electron chi connectivity index (χ3n) is 3.41. The van der Waals surface area contributed by atoms with Crippen molar-refractivity contribution in [2.75, 3.05) is 6.54 Å². The first-order valence-electron chi connectivity index (χ1n) is 6.81. The summed E-state index contributed by atoms with van der Waals surface area (Å²) in [4.78, 5) is 10.7. The molecule has 0 aliphatic carbocycles. The van der Waals surface area contributed by atoms with Gasteiger partial charge in [0, 0.05) is 12.0 Å². The Morgan fingerprint density at radius 3 is 2.43 bits per heavy atom. The van der Waals surface area contributed by atoms with Gasteiger partial charge in [-0.2, -0.15) is 0 Å². The molecule has 0 saturated heterocycles. The van der Waals surface area contributed by atoms with Crippen molar-refractivity contribution in [1.82, 2.24) is 5.06 Å². The van der Waals surface area contributed by atoms with E-state index in [4.69, 9.17) is 10.2 Å². The zero-order chi connectivity index (χ0) is 15.6. The lowest BCUT2D eigenvalue weighted by Gasteiger charge is -2.10. The Kier molecular flexibility index (Phi) is 4.33. The molecule has 2 aromatic rings. The van der Waals surface area contributed by atoms with Crippen LogP contribution in [0.25, 0.3) is 11.3 Å². The van der Waals surface area contributed by atoms with Crippen LogP contribution in [0.3, 0.4) is 0 Å². The second-order valence-electron chi connectivity index (χ2n) is 5.25. The van der Waals surface area contributed by atoms with Crippen molar-refractivity contribution < 1.29 is 14.4 Å². The van der Waals surface area contributed by atoms with Gasteiger partial charge in [-0.15, -0.1) is 0 Å². The van der Waals surface area contributed by atoms with Crippen LogP contribution in [0.1, 0.15) is 22.5 Å². The molecule has 0 fully saturated rings. The molecule has 2 amide bonds. The molecule has 5 nitrogen and oxygen atoms in total. The highest BCUT2D eigenvalue weighted by atomic mass is 16.5. The van der Waals surface area contributed by atoms with E-state index in [-0.39, 0.29) is 6.54 Å². The van der Waals surface area contributed by atoms with Crippen molar-refractivity contribution in [3.05, 3.63) is 46.7 Å². The molecule has 3 N–H and O–H groups in total. The lowest BCUT2D eigenvalue weighted by atomic mass is 9.98. The summed E-state index contributed by atoms with van der Waals surface area (Å²) in [6, 6.07) is 7.13. The fraction of sp³-hybridized carbons (Fsp3) is 0.312. The molecule has 0 aliphatic heterocycles. The maximum atomic E-state index is 10.7. The molecular weight excluding hydrogens is 268 g/mol. The van der Waals surface area contributed by atoms with Crippen LogP contribution in [0.15, 0.2) is 28.7 Å². The minimum atomic E-state index is -0.869. The highest BCUT2D eigenvalue weighted by Gasteiger charge is 2.12. The molecule has 1 heterocycles. The zero-order valence-corrected chi connectivity index (χ0v) is 12.5. The van der Waals surface area contributed by atoms with Crippen molar-refractivity contribution in [3.8, 4) is 11.3 Å². The number of nitrogens with zero attached hydrogens (tertiary/aromatic N) is 1. The number of rotatable bonds is 4. The van der Waals surface area contributed by atoms with Gasteiger partial charge in [0.15, 0.2) is 0 Å². The van der Waals surface area contributed by atoms with Gasteiger partial charge in [0.05, 0.1) is 6.54 Å². The van der Waals surface area contributed by atoms with Gasteiger partial charge in [0.25, 0.3) is 0 Å². The fourth-order valence-electron chi connectivity index (χ4n) is 2.54. The minimum absolute atomic E-state index is 0.105. The normalized spacial score (nSPS) is 10.7. The van der Waals surface area contributed by atoms with Crippen LogP contribution in [0.5, 0.6) is 0 Å². The third kappa shape index (κ3) is 3.44. The maximum absolute atomic E-state index is 10.7. The zero-order valence-electron chi connectivity index (χ0n) is 12.5. The molecule has 1 aromatic carbocycles. The molecule has 0 atom stereocenters. The molecule has 0 unspecified atom stereocenters. The molecule has 0 radical (unpaired) electrons. The predicted molar refractivity (Wildman–Crippen MR) is 80.1 cm³/mol. The summed E-state index contributed by atoms with van der Waals surface area (Å²) in [5.41, 5.74) is 9.59. The first kappa shape index (κ1) is 15.1. The quantitative estimate of drug-likeness (QED) is 0.669. The highest BCUT2D eigenvalue weighted by molar-refractivity contribution is 5.70. The average molecular weight is 288 g/mol. The topological polar surface area (TPSA) is 79.7 Å². The number of aryl methyl sites for hydroxylation is 3. The Morgan fingerprint density at radius 1 is 1.24 bits per heavy atom. The molecular formula is C16H20N2O3. The second-order valence-corrected chi connectivity index (χ2v) is 5.25. The van der Waals surface area contributed by atoms with Crippen LogP contribution >= 0.6 is 0 Å². The lowest BCUT2D eigenvalue weighted by molar-refractivity contribution is -0.0390. The summed E-state index contributed by atoms with van der Waals surface area (Å²) in [5.74, 6) is 1.49. The molecule has 0 saturated carbocycles. The monoisotopic (exact) mass is 288 g/mol. The van der Waals surface area contributed by atoms with Crippen LogP contribution in [0.2, 0.25) is 0 Å². The molecule has 5 heteroatoms. The molecule has 1 aromatic heterocycles. The summed E-state index contributed by atoms with van der Waals surface area (Å²) in [6.07, 6.45) is 0.406. The average Bonchev–Trinajstić information content (AvgIpc) is 2.83. The van der Waals surface area contributed by atoms with Gasteiger partial charge in [-0.3, -0.25) is 5.21 Å². The van der Waals surface area contributed by atoms with E-state index >= 15 is 0 Å². The number of furan rings is 1. The number of amides is 2. The number of benzene rings is 1. The minimum Gasteiger partial charge on any atom is -0.461 e. The summed E-state index contributed by atoms with van der Waals surface area (Å²) in [7, 11) is 0. The second kappa shape index (κ2) is 6.01. The Hall–Kier alpha value is -2.27. The van der Waals surface area contributed by atoms with E-state index < -0.39 is 6.03 Å². The molecule has 0 aliphatic rings. The van der Waals surface area contributed by atoms with E-state index in [1.165, 1.54) is 5.56 Å². The van der Waals surface area contributed by atoms with Crippen molar-refractivity contribution in [2.24, 2.45) is 5.73 Å². The molecule has 112 valence electrons. The standard InChI is InChI=1S/C16H20N2O3/c1-10-8-11(2)15(12(3)9-10)14-5-4-13(21-14)6-7-18(20)16(17)19/h4-5,8-9,20H,6-7H2,1-3H3,(H2,17,19). The van der Waals surface area contributed by atoms with Gasteiger partial charge in [-0.05, 0) is 44.0 Å². The number of hydroxylamine groups is 2. The summed E-state index contributed by atoms with van der Waals surface area (Å²) < 4.78 is 5.81. The number of carbonyl (C=O) groups excluding carboxylic acids is 1. The molecule has 0 bridgehead atoms. The van der Waals surface area contributed by atoms with E-state index in [0.29, 0.717) is 17.2 Å². The van der Waals surface area contributed by atoms with E-state index in [1.54, 1.807) is 0 Å². The summed E-state index contributed by atoms with van der Waals surface area (Å²) in [6.45, 7) is 6.28. The Morgan fingerprint density at radius 2 is 1.86 bits per heavy atom. The van der Waals surface area contributed by atoms with Gasteiger partial charge in [0.2, 0.25) is 0 Å². The van der Waals surface area contributed by atoms with Crippen LogP contribution in [-0.2, 0) is 6.42 Å². The van der Waals surface area contributed by atoms with Crippen molar-refractivity contribution in [1.29, 1.82) is 0 Å². The Labute approximate surface area is 123 Å². The number of urea groups is 1. The number of hydrogen-bond acceptors (Lipinski definition) is 3. The van der Waals surface area contributed by atoms with Gasteiger partial charge >= 0.3 is 6.03 Å².